The molecular formula is C32H36O9. The van der Waals surface area contributed by atoms with Crippen LogP contribution < -0.4 is 0 Å². The van der Waals surface area contributed by atoms with E-state index >= 15 is 0 Å². The Morgan fingerprint density at radius 3 is 2.20 bits per heavy atom. The van der Waals surface area contributed by atoms with Crippen molar-refractivity contribution in [3.63, 3.8) is 0 Å². The van der Waals surface area contributed by atoms with Gasteiger partial charge in [-0.15, -0.1) is 0 Å². The van der Waals surface area contributed by atoms with E-state index in [9.17, 15) is 34.5 Å². The molecule has 8 aliphatic rings. The van der Waals surface area contributed by atoms with E-state index in [4.69, 9.17) is 9.47 Å². The Morgan fingerprint density at radius 1 is 0.878 bits per heavy atom. The normalized spacial score (nSPS) is 54.2. The second kappa shape index (κ2) is 6.95. The van der Waals surface area contributed by atoms with E-state index < -0.39 is 68.9 Å². The molecule has 3 N–H and O–H groups in total. The summed E-state index contributed by atoms with van der Waals surface area (Å²) in [5.74, 6) is -4.36. The van der Waals surface area contributed by atoms with E-state index in [2.05, 4.69) is 0 Å². The van der Waals surface area contributed by atoms with Crippen molar-refractivity contribution in [3.8, 4) is 0 Å². The standard InChI is InChI=1S/C32H36O9/c1-11(26(37)40-5)17-21(33)25(36)30(4)15-10-16(15)31-8-7-12-13-9-14(13)28(2)18(12)19(31)20(22(34)24(28)35)29(3,27(38)41-6)23(17)32(30,31)39/h13-16,23-25,35-36,39H,7-10H2,1-6H3/b17-11+/t13-,14-,15-,16+,23-,24+,25+,28+,29+,30-,31+,32-/m1/s1. The molecule has 0 saturated heterocycles. The molecule has 9 nitrogen and oxygen atoms in total. The second-order valence-corrected chi connectivity index (χ2v) is 14.5. The van der Waals surface area contributed by atoms with Crippen molar-refractivity contribution in [1.29, 1.82) is 0 Å². The van der Waals surface area contributed by atoms with E-state index in [1.54, 1.807) is 6.92 Å². The number of esters is 2. The summed E-state index contributed by atoms with van der Waals surface area (Å²) in [6, 6.07) is 0. The summed E-state index contributed by atoms with van der Waals surface area (Å²) >= 11 is 0. The highest BCUT2D eigenvalue weighted by atomic mass is 16.5. The molecule has 0 bridgehead atoms. The molecule has 0 amide bonds. The highest BCUT2D eigenvalue weighted by molar-refractivity contribution is 6.13. The zero-order valence-corrected chi connectivity index (χ0v) is 24.2. The number of carbonyl (C=O) groups is 4. The molecule has 4 fully saturated rings. The van der Waals surface area contributed by atoms with Crippen molar-refractivity contribution < 1.29 is 44.0 Å². The Bertz CT molecular complexity index is 1550. The molecular weight excluding hydrogens is 528 g/mol. The lowest BCUT2D eigenvalue weighted by Gasteiger charge is -2.69. The first-order chi connectivity index (χ1) is 19.2. The number of allylic oxidation sites excluding steroid dienone is 1. The summed E-state index contributed by atoms with van der Waals surface area (Å²) in [6.45, 7) is 6.58. The number of Topliss-reactive ketones (excluding diaryl/α,β-unsaturated/α-hetero) is 2. The highest BCUT2D eigenvalue weighted by Gasteiger charge is 2.91. The molecule has 4 saturated carbocycles. The van der Waals surface area contributed by atoms with Crippen molar-refractivity contribution in [3.05, 3.63) is 33.4 Å². The van der Waals surface area contributed by atoms with Crippen LogP contribution in [0.15, 0.2) is 33.4 Å². The van der Waals surface area contributed by atoms with Crippen molar-refractivity contribution in [1.82, 2.24) is 0 Å². The molecule has 41 heavy (non-hydrogen) atoms. The van der Waals surface area contributed by atoms with Gasteiger partial charge in [-0.05, 0) is 74.3 Å². The van der Waals surface area contributed by atoms with Crippen LogP contribution in [0.4, 0.5) is 0 Å². The maximum absolute atomic E-state index is 14.6. The fraction of sp³-hybridized carbons (Fsp3) is 0.688. The maximum atomic E-state index is 14.6. The molecule has 9 heteroatoms. The highest BCUT2D eigenvalue weighted by Crippen LogP contribution is 2.89. The van der Waals surface area contributed by atoms with Gasteiger partial charge in [-0.1, -0.05) is 19.4 Å². The topological polar surface area (TPSA) is 147 Å². The summed E-state index contributed by atoms with van der Waals surface area (Å²) in [5.41, 5.74) is -4.48. The predicted molar refractivity (Wildman–Crippen MR) is 140 cm³/mol. The average Bonchev–Trinajstić information content (AvgIpc) is 3.87. The van der Waals surface area contributed by atoms with E-state index in [1.165, 1.54) is 33.6 Å². The number of ether oxygens (including phenoxy) is 2. The third kappa shape index (κ3) is 2.15. The molecule has 0 radical (unpaired) electrons. The number of ketones is 2. The number of hydrogen-bond acceptors (Lipinski definition) is 9. The Labute approximate surface area is 237 Å². The first-order valence-electron chi connectivity index (χ1n) is 14.7. The third-order valence-corrected chi connectivity index (χ3v) is 13.8. The zero-order valence-electron chi connectivity index (χ0n) is 24.2. The van der Waals surface area contributed by atoms with Crippen LogP contribution in [-0.2, 0) is 28.7 Å². The molecule has 8 rings (SSSR count). The van der Waals surface area contributed by atoms with Crippen molar-refractivity contribution in [2.45, 2.75) is 71.2 Å². The van der Waals surface area contributed by atoms with Crippen LogP contribution in [0.5, 0.6) is 0 Å². The monoisotopic (exact) mass is 564 g/mol. The van der Waals surface area contributed by atoms with Crippen molar-refractivity contribution in [2.75, 3.05) is 14.2 Å². The SMILES string of the molecule is COC(=O)/C(C)=C1\C(=O)[C@H](O)[C@@]2(C)[C@@H]3C[C@@H]3[C@@]34CCC5=C6C3=C(C(=O)[C@H](O)[C@@]6(C)[C@@H]3C[C@H]53)[C@](C)(C(=O)OC)[C@@H]1[C@@]24O. The van der Waals surface area contributed by atoms with E-state index in [-0.39, 0.29) is 40.4 Å². The lowest BCUT2D eigenvalue weighted by atomic mass is 9.35. The zero-order chi connectivity index (χ0) is 29.6. The number of fused-ring (bicyclic) bond motifs is 5. The van der Waals surface area contributed by atoms with Crippen molar-refractivity contribution >= 4 is 23.5 Å². The van der Waals surface area contributed by atoms with Crippen LogP contribution in [0, 0.1) is 51.2 Å². The van der Waals surface area contributed by atoms with Gasteiger partial charge < -0.3 is 24.8 Å². The molecule has 12 atom stereocenters. The number of aliphatic hydroxyl groups excluding tert-OH is 2. The van der Waals surface area contributed by atoms with E-state index in [0.29, 0.717) is 24.8 Å². The van der Waals surface area contributed by atoms with Gasteiger partial charge >= 0.3 is 11.9 Å². The summed E-state index contributed by atoms with van der Waals surface area (Å²) in [6.07, 6.45) is -0.277. The Balaban J connectivity index is 1.58. The van der Waals surface area contributed by atoms with Gasteiger partial charge in [0.2, 0.25) is 0 Å². The summed E-state index contributed by atoms with van der Waals surface area (Å²) < 4.78 is 10.3. The van der Waals surface area contributed by atoms with Gasteiger partial charge in [0.1, 0.15) is 17.6 Å². The largest absolute Gasteiger partial charge is 0.468 e. The minimum Gasteiger partial charge on any atom is -0.468 e. The molecule has 8 aliphatic carbocycles. The lowest BCUT2D eigenvalue weighted by Crippen LogP contribution is -2.77. The number of hydrogen-bond donors (Lipinski definition) is 3. The van der Waals surface area contributed by atoms with Crippen LogP contribution in [0.2, 0.25) is 0 Å². The van der Waals surface area contributed by atoms with Crippen LogP contribution in [0.3, 0.4) is 0 Å². The Kier molecular flexibility index (Phi) is 4.41. The van der Waals surface area contributed by atoms with Crippen molar-refractivity contribution in [2.24, 2.45) is 51.2 Å². The van der Waals surface area contributed by atoms with Crippen LogP contribution in [-0.4, -0.2) is 70.9 Å². The van der Waals surface area contributed by atoms with Gasteiger partial charge in [-0.3, -0.25) is 14.4 Å². The summed E-state index contributed by atoms with van der Waals surface area (Å²) in [7, 11) is 2.36. The molecule has 1 spiro atoms. The van der Waals surface area contributed by atoms with Gasteiger partial charge in [0.05, 0.1) is 19.8 Å². The van der Waals surface area contributed by atoms with Crippen LogP contribution >= 0.6 is 0 Å². The second-order valence-electron chi connectivity index (χ2n) is 14.5. The molecule has 0 heterocycles. The Morgan fingerprint density at radius 2 is 1.56 bits per heavy atom. The van der Waals surface area contributed by atoms with Gasteiger partial charge in [0.15, 0.2) is 11.6 Å². The van der Waals surface area contributed by atoms with E-state index in [0.717, 1.165) is 12.0 Å². The lowest BCUT2D eigenvalue weighted by molar-refractivity contribution is -0.239. The molecule has 0 aromatic heterocycles. The van der Waals surface area contributed by atoms with Gasteiger partial charge in [0, 0.05) is 38.9 Å². The fourth-order valence-corrected chi connectivity index (χ4v) is 12.0. The van der Waals surface area contributed by atoms with Gasteiger partial charge in [0.25, 0.3) is 0 Å². The van der Waals surface area contributed by atoms with Gasteiger partial charge in [-0.25, -0.2) is 4.79 Å². The fourth-order valence-electron chi connectivity index (χ4n) is 12.0. The summed E-state index contributed by atoms with van der Waals surface area (Å²) in [5, 5.41) is 37.2. The Hall–Kier alpha value is -2.62. The van der Waals surface area contributed by atoms with E-state index in [1.807, 2.05) is 6.92 Å². The molecule has 0 aromatic rings. The smallest absolute Gasteiger partial charge is 0.333 e. The molecule has 0 unspecified atom stereocenters. The minimum atomic E-state index is -1.93. The van der Waals surface area contributed by atoms with Crippen LogP contribution in [0.1, 0.15) is 53.4 Å². The number of rotatable bonds is 2. The number of methoxy groups -OCH3 is 2. The van der Waals surface area contributed by atoms with Crippen LogP contribution in [0.25, 0.3) is 0 Å². The molecule has 0 aliphatic heterocycles. The third-order valence-electron chi connectivity index (χ3n) is 13.8. The minimum absolute atomic E-state index is 0.103. The summed E-state index contributed by atoms with van der Waals surface area (Å²) in [4.78, 5) is 55.9. The first-order valence-corrected chi connectivity index (χ1v) is 14.7. The maximum Gasteiger partial charge on any atom is 0.333 e. The number of aliphatic hydroxyl groups is 3. The predicted octanol–water partition coefficient (Wildman–Crippen LogP) is 1.59. The number of carbonyl (C=O) groups excluding carboxylic acids is 4. The quantitative estimate of drug-likeness (QED) is 0.336. The first kappa shape index (κ1) is 26.0. The molecule has 0 aromatic carbocycles. The molecule has 218 valence electrons. The average molecular weight is 565 g/mol. The van der Waals surface area contributed by atoms with Gasteiger partial charge in [-0.2, -0.15) is 0 Å².